The van der Waals surface area contributed by atoms with Crippen LogP contribution in [0.1, 0.15) is 21.7 Å². The van der Waals surface area contributed by atoms with Gasteiger partial charge in [-0.05, 0) is 22.6 Å². The molecule has 0 radical (unpaired) electrons. The standard InChI is InChI=1S/C10H8F3N5O2S/c1-18-9(15-16-17-18)21-4-6-5(8(19)20)2-3-7(14-6)10(11,12)13/h2-3H,4H2,1H3,(H,19,20). The summed E-state index contributed by atoms with van der Waals surface area (Å²) in [6.07, 6.45) is -4.64. The largest absolute Gasteiger partial charge is 0.478 e. The van der Waals surface area contributed by atoms with Crippen molar-refractivity contribution in [1.82, 2.24) is 25.2 Å². The number of thioether (sulfide) groups is 1. The van der Waals surface area contributed by atoms with Crippen molar-refractivity contribution in [2.75, 3.05) is 0 Å². The van der Waals surface area contributed by atoms with Crippen LogP contribution in [-0.2, 0) is 19.0 Å². The van der Waals surface area contributed by atoms with Crippen molar-refractivity contribution in [2.24, 2.45) is 7.05 Å². The Labute approximate surface area is 120 Å². The molecule has 0 fully saturated rings. The number of carboxylic acid groups (broad SMARTS) is 1. The molecule has 2 rings (SSSR count). The van der Waals surface area contributed by atoms with Gasteiger partial charge in [0.2, 0.25) is 5.16 Å². The van der Waals surface area contributed by atoms with Crippen LogP contribution in [0.3, 0.4) is 0 Å². The van der Waals surface area contributed by atoms with E-state index >= 15 is 0 Å². The van der Waals surface area contributed by atoms with Gasteiger partial charge in [0.05, 0.1) is 11.3 Å². The molecule has 1 N–H and O–H groups in total. The minimum absolute atomic E-state index is 0.0975. The van der Waals surface area contributed by atoms with E-state index in [2.05, 4.69) is 20.5 Å². The number of halogens is 3. The number of pyridine rings is 1. The Morgan fingerprint density at radius 2 is 2.14 bits per heavy atom. The molecule has 0 saturated carbocycles. The van der Waals surface area contributed by atoms with Gasteiger partial charge in [-0.2, -0.15) is 13.2 Å². The quantitative estimate of drug-likeness (QED) is 0.856. The number of carboxylic acids is 1. The number of carbonyl (C=O) groups is 1. The van der Waals surface area contributed by atoms with E-state index in [1.54, 1.807) is 7.05 Å². The summed E-state index contributed by atoms with van der Waals surface area (Å²) >= 11 is 0.991. The Bertz CT molecular complexity index is 673. The van der Waals surface area contributed by atoms with Gasteiger partial charge < -0.3 is 5.11 Å². The third-order valence-corrected chi connectivity index (χ3v) is 3.44. The lowest BCUT2D eigenvalue weighted by Gasteiger charge is -2.10. The third kappa shape index (κ3) is 3.48. The second-order valence-electron chi connectivity index (χ2n) is 3.87. The van der Waals surface area contributed by atoms with Crippen LogP contribution >= 0.6 is 11.8 Å². The minimum atomic E-state index is -4.64. The lowest BCUT2D eigenvalue weighted by Crippen LogP contribution is -2.13. The molecule has 0 unspecified atom stereocenters. The van der Waals surface area contributed by atoms with E-state index in [1.807, 2.05) is 0 Å². The minimum Gasteiger partial charge on any atom is -0.478 e. The Kier molecular flexibility index (Phi) is 4.11. The fraction of sp³-hybridized carbons (Fsp3) is 0.300. The van der Waals surface area contributed by atoms with Gasteiger partial charge in [0, 0.05) is 12.8 Å². The molecule has 11 heteroatoms. The predicted molar refractivity (Wildman–Crippen MR) is 64.6 cm³/mol. The normalized spacial score (nSPS) is 11.6. The van der Waals surface area contributed by atoms with E-state index in [4.69, 9.17) is 5.11 Å². The molecule has 0 bridgehead atoms. The highest BCUT2D eigenvalue weighted by Crippen LogP contribution is 2.29. The van der Waals surface area contributed by atoms with E-state index < -0.39 is 17.8 Å². The summed E-state index contributed by atoms with van der Waals surface area (Å²) in [6.45, 7) is 0. The zero-order chi connectivity index (χ0) is 15.6. The van der Waals surface area contributed by atoms with Crippen LogP contribution in [0.5, 0.6) is 0 Å². The molecule has 2 aromatic heterocycles. The number of hydrogen-bond donors (Lipinski definition) is 1. The Morgan fingerprint density at radius 1 is 1.43 bits per heavy atom. The number of aromatic nitrogens is 5. The number of tetrazole rings is 1. The summed E-state index contributed by atoms with van der Waals surface area (Å²) in [5.41, 5.74) is -1.62. The monoisotopic (exact) mass is 319 g/mol. The summed E-state index contributed by atoms with van der Waals surface area (Å²) in [7, 11) is 1.56. The van der Waals surface area contributed by atoms with Gasteiger partial charge in [-0.3, -0.25) is 0 Å². The highest BCUT2D eigenvalue weighted by atomic mass is 32.2. The van der Waals surface area contributed by atoms with Crippen LogP contribution in [-0.4, -0.2) is 36.3 Å². The van der Waals surface area contributed by atoms with Gasteiger partial charge in [-0.25, -0.2) is 14.5 Å². The molecule has 2 heterocycles. The second kappa shape index (κ2) is 5.68. The van der Waals surface area contributed by atoms with Crippen molar-refractivity contribution < 1.29 is 23.1 Å². The van der Waals surface area contributed by atoms with Gasteiger partial charge >= 0.3 is 12.1 Å². The number of alkyl halides is 3. The van der Waals surface area contributed by atoms with Crippen molar-refractivity contribution in [1.29, 1.82) is 0 Å². The van der Waals surface area contributed by atoms with Crippen LogP contribution in [0.2, 0.25) is 0 Å². The first kappa shape index (κ1) is 15.2. The van der Waals surface area contributed by atoms with E-state index in [1.165, 1.54) is 4.68 Å². The summed E-state index contributed by atoms with van der Waals surface area (Å²) in [6, 6.07) is 1.53. The molecule has 0 spiro atoms. The van der Waals surface area contributed by atoms with Crippen molar-refractivity contribution >= 4 is 17.7 Å². The first-order chi connectivity index (χ1) is 9.79. The maximum absolute atomic E-state index is 12.6. The smallest absolute Gasteiger partial charge is 0.433 e. The van der Waals surface area contributed by atoms with Gasteiger partial charge in [0.25, 0.3) is 0 Å². The summed E-state index contributed by atoms with van der Waals surface area (Å²) in [4.78, 5) is 14.4. The van der Waals surface area contributed by atoms with Gasteiger partial charge in [-0.1, -0.05) is 11.8 Å². The first-order valence-corrected chi connectivity index (χ1v) is 6.43. The average molecular weight is 319 g/mol. The molecule has 2 aromatic rings. The zero-order valence-corrected chi connectivity index (χ0v) is 11.3. The molecule has 0 saturated heterocycles. The zero-order valence-electron chi connectivity index (χ0n) is 10.5. The van der Waals surface area contributed by atoms with Crippen LogP contribution in [0, 0.1) is 0 Å². The van der Waals surface area contributed by atoms with Crippen LogP contribution < -0.4 is 0 Å². The lowest BCUT2D eigenvalue weighted by molar-refractivity contribution is -0.141. The van der Waals surface area contributed by atoms with E-state index in [-0.39, 0.29) is 17.0 Å². The molecule has 0 atom stereocenters. The third-order valence-electron chi connectivity index (χ3n) is 2.41. The van der Waals surface area contributed by atoms with Crippen molar-refractivity contribution in [3.8, 4) is 0 Å². The fourth-order valence-corrected chi connectivity index (χ4v) is 2.24. The number of nitrogens with zero attached hydrogens (tertiary/aromatic N) is 5. The molecule has 0 aliphatic carbocycles. The number of aryl methyl sites for hydroxylation is 1. The van der Waals surface area contributed by atoms with E-state index in [9.17, 15) is 18.0 Å². The van der Waals surface area contributed by atoms with E-state index in [0.717, 1.165) is 17.8 Å². The highest BCUT2D eigenvalue weighted by Gasteiger charge is 2.33. The number of aromatic carboxylic acids is 1. The van der Waals surface area contributed by atoms with Crippen molar-refractivity contribution in [2.45, 2.75) is 17.1 Å². The molecular weight excluding hydrogens is 311 g/mol. The van der Waals surface area contributed by atoms with E-state index in [0.29, 0.717) is 11.2 Å². The summed E-state index contributed by atoms with van der Waals surface area (Å²) in [5, 5.41) is 19.9. The summed E-state index contributed by atoms with van der Waals surface area (Å²) in [5.74, 6) is -1.44. The Balaban J connectivity index is 2.31. The maximum atomic E-state index is 12.6. The highest BCUT2D eigenvalue weighted by molar-refractivity contribution is 7.98. The second-order valence-corrected chi connectivity index (χ2v) is 4.81. The molecule has 0 aliphatic heterocycles. The summed E-state index contributed by atoms with van der Waals surface area (Å²) < 4.78 is 39.2. The van der Waals surface area contributed by atoms with Crippen molar-refractivity contribution in [3.63, 3.8) is 0 Å². The molecule has 21 heavy (non-hydrogen) atoms. The molecule has 7 nitrogen and oxygen atoms in total. The Hall–Kier alpha value is -2.17. The van der Waals surface area contributed by atoms with Crippen molar-refractivity contribution in [3.05, 3.63) is 29.1 Å². The SMILES string of the molecule is Cn1nnnc1SCc1nc(C(F)(F)F)ccc1C(=O)O. The van der Waals surface area contributed by atoms with Gasteiger partial charge in [0.15, 0.2) is 0 Å². The number of hydrogen-bond acceptors (Lipinski definition) is 6. The van der Waals surface area contributed by atoms with Crippen LogP contribution in [0.25, 0.3) is 0 Å². The number of rotatable bonds is 4. The maximum Gasteiger partial charge on any atom is 0.433 e. The molecule has 0 aromatic carbocycles. The molecular formula is C10H8F3N5O2S. The van der Waals surface area contributed by atoms with Gasteiger partial charge in [-0.15, -0.1) is 5.10 Å². The average Bonchev–Trinajstić information content (AvgIpc) is 2.80. The first-order valence-electron chi connectivity index (χ1n) is 5.44. The Morgan fingerprint density at radius 3 is 2.67 bits per heavy atom. The molecule has 112 valence electrons. The lowest BCUT2D eigenvalue weighted by atomic mass is 10.2. The molecule has 0 aliphatic rings. The molecule has 0 amide bonds. The van der Waals surface area contributed by atoms with Crippen LogP contribution in [0.4, 0.5) is 13.2 Å². The predicted octanol–water partition coefficient (Wildman–Crippen LogP) is 1.61. The van der Waals surface area contributed by atoms with Crippen LogP contribution in [0.15, 0.2) is 17.3 Å². The topological polar surface area (TPSA) is 93.8 Å². The van der Waals surface area contributed by atoms with Gasteiger partial charge in [0.1, 0.15) is 5.69 Å². The fourth-order valence-electron chi connectivity index (χ4n) is 1.44.